The van der Waals surface area contributed by atoms with Crippen LogP contribution in [0.4, 0.5) is 8.78 Å². The van der Waals surface area contributed by atoms with Crippen molar-refractivity contribution in [2.24, 2.45) is 16.6 Å². The molecule has 55 heavy (non-hydrogen) atoms. The summed E-state index contributed by atoms with van der Waals surface area (Å²) in [4.78, 5) is 72.3. The summed E-state index contributed by atoms with van der Waals surface area (Å²) < 4.78 is 76.0. The number of hydrogen-bond donors (Lipinski definition) is 3. The largest absolute Gasteiger partial charge is 0.384 e. The number of Topliss-reactive ketones (excluding diaryl/α,β-unsaturated/α-hetero) is 1. The molecule has 0 spiro atoms. The van der Waals surface area contributed by atoms with E-state index in [-0.39, 0.29) is 42.3 Å². The van der Waals surface area contributed by atoms with Crippen LogP contribution in [0.2, 0.25) is 0 Å². The van der Waals surface area contributed by atoms with E-state index in [1.165, 1.54) is 24.7 Å². The van der Waals surface area contributed by atoms with Gasteiger partial charge in [0.15, 0.2) is 9.84 Å². The summed E-state index contributed by atoms with van der Waals surface area (Å²) in [6.45, 7) is 2.74. The number of rotatable bonds is 12. The molecule has 4 amide bonds. The van der Waals surface area contributed by atoms with Gasteiger partial charge in [-0.25, -0.2) is 26.5 Å². The van der Waals surface area contributed by atoms with Crippen molar-refractivity contribution in [2.75, 3.05) is 18.1 Å². The zero-order valence-electron chi connectivity index (χ0n) is 30.2. The highest BCUT2D eigenvalue weighted by molar-refractivity contribution is 7.91. The maximum Gasteiger partial charge on any atom is 0.341 e. The van der Waals surface area contributed by atoms with E-state index in [9.17, 15) is 54.7 Å². The molecule has 2 saturated heterocycles. The molecule has 3 heterocycles. The number of aliphatic hydroxyl groups is 1. The van der Waals surface area contributed by atoms with Crippen molar-refractivity contribution in [1.29, 1.82) is 0 Å². The lowest BCUT2D eigenvalue weighted by Gasteiger charge is -2.37. The third kappa shape index (κ3) is 9.15. The van der Waals surface area contributed by atoms with Crippen LogP contribution in [0.5, 0.6) is 0 Å². The first-order valence-electron chi connectivity index (χ1n) is 17.7. The maximum absolute atomic E-state index is 14.6. The Bertz CT molecular complexity index is 2080. The van der Waals surface area contributed by atoms with Crippen LogP contribution in [0.15, 0.2) is 40.4 Å². The molecule has 0 unspecified atom stereocenters. The average molecular weight is 812 g/mol. The summed E-state index contributed by atoms with van der Waals surface area (Å²) >= 11 is 0. The summed E-state index contributed by atoms with van der Waals surface area (Å²) in [6, 6.07) is 1.45. The van der Waals surface area contributed by atoms with Gasteiger partial charge in [-0.3, -0.25) is 24.0 Å². The van der Waals surface area contributed by atoms with Crippen LogP contribution in [0.3, 0.4) is 0 Å². The van der Waals surface area contributed by atoms with Crippen molar-refractivity contribution < 1.29 is 54.7 Å². The number of nitrogens with two attached hydrogens (primary N) is 1. The van der Waals surface area contributed by atoms with Gasteiger partial charge in [0.2, 0.25) is 21.5 Å². The van der Waals surface area contributed by atoms with Gasteiger partial charge in [-0.15, -0.1) is 5.10 Å². The fourth-order valence-corrected chi connectivity index (χ4v) is 9.60. The zero-order chi connectivity index (χ0) is 40.5. The monoisotopic (exact) mass is 811 g/mol. The van der Waals surface area contributed by atoms with Crippen LogP contribution in [0.1, 0.15) is 93.7 Å². The van der Waals surface area contributed by atoms with Crippen molar-refractivity contribution in [3.8, 4) is 0 Å². The first-order valence-corrected chi connectivity index (χ1v) is 21.1. The number of sulfone groups is 2. The molecule has 17 nitrogen and oxygen atoms in total. The number of carbonyl (C=O) groups is 5. The predicted octanol–water partition coefficient (Wildman–Crippen LogP) is 1.01. The first-order chi connectivity index (χ1) is 25.6. The van der Waals surface area contributed by atoms with Crippen LogP contribution in [0, 0.1) is 5.92 Å². The lowest BCUT2D eigenvalue weighted by molar-refractivity contribution is -0.143. The van der Waals surface area contributed by atoms with Crippen molar-refractivity contribution in [1.82, 2.24) is 25.2 Å². The number of alkyl halides is 2. The number of nitrogens with one attached hydrogen (secondary N) is 1. The molecule has 1 aromatic carbocycles. The number of benzene rings is 1. The molecule has 300 valence electrons. The molecule has 1 aliphatic carbocycles. The van der Waals surface area contributed by atoms with Crippen LogP contribution in [-0.4, -0.2) is 112 Å². The van der Waals surface area contributed by atoms with E-state index >= 15 is 0 Å². The minimum absolute atomic E-state index is 0.0120. The van der Waals surface area contributed by atoms with Gasteiger partial charge in [0, 0.05) is 18.5 Å². The summed E-state index contributed by atoms with van der Waals surface area (Å²) in [7, 11) is -8.55. The molecule has 4 N–H and O–H groups in total. The summed E-state index contributed by atoms with van der Waals surface area (Å²) in [6.07, 6.45) is 4.38. The number of carbonyl (C=O) groups excluding carboxylic acids is 5. The smallest absolute Gasteiger partial charge is 0.341 e. The molecule has 0 bridgehead atoms. The molecule has 0 radical (unpaired) electrons. The topological polar surface area (TPSA) is 258 Å². The lowest BCUT2D eigenvalue weighted by Crippen LogP contribution is -2.64. The number of aromatic nitrogens is 3. The summed E-state index contributed by atoms with van der Waals surface area (Å²) in [5, 5.41) is 21.4. The van der Waals surface area contributed by atoms with Crippen molar-refractivity contribution in [3.05, 3.63) is 41.7 Å². The van der Waals surface area contributed by atoms with Gasteiger partial charge in [0.25, 0.3) is 17.7 Å². The van der Waals surface area contributed by atoms with E-state index in [1.54, 1.807) is 0 Å². The Labute approximate surface area is 315 Å². The minimum atomic E-state index is -4.95. The van der Waals surface area contributed by atoms with E-state index in [1.807, 2.05) is 0 Å². The highest BCUT2D eigenvalue weighted by Crippen LogP contribution is 2.34. The SMILES string of the molecule is CC(C)(O)c1cnnn1[C@H]1C[C@@H](C(=O)NC2(C(=O)C(N)=O)CCS(=O)(=O)CC2)N(C(=O)/C(CC2CCCCC2)=N/C(=O)c2ccc(S(=O)(=O)C(F)F)cc2)C1. The fraction of sp³-hybridized carbons (Fsp3) is 0.588. The second-order valence-electron chi connectivity index (χ2n) is 14.8. The maximum atomic E-state index is 14.6. The second kappa shape index (κ2) is 15.9. The molecule has 2 aromatic rings. The summed E-state index contributed by atoms with van der Waals surface area (Å²) in [5.74, 6) is -10.2. The fourth-order valence-electron chi connectivity index (χ4n) is 7.35. The number of halogens is 2. The Kier molecular flexibility index (Phi) is 12.1. The van der Waals surface area contributed by atoms with Gasteiger partial charge >= 0.3 is 5.76 Å². The minimum Gasteiger partial charge on any atom is -0.384 e. The molecule has 1 saturated carbocycles. The number of aliphatic imine (C=N–C) groups is 1. The number of amides is 4. The quantitative estimate of drug-likeness (QED) is 0.201. The van der Waals surface area contributed by atoms with Crippen LogP contribution in [-0.2, 0) is 44.5 Å². The Morgan fingerprint density at radius 2 is 1.69 bits per heavy atom. The van der Waals surface area contributed by atoms with E-state index in [2.05, 4.69) is 20.6 Å². The van der Waals surface area contributed by atoms with Gasteiger partial charge in [0.05, 0.1) is 34.3 Å². The van der Waals surface area contributed by atoms with Gasteiger partial charge in [-0.2, -0.15) is 8.78 Å². The summed E-state index contributed by atoms with van der Waals surface area (Å²) in [5.41, 5.74) is 1.68. The second-order valence-corrected chi connectivity index (χ2v) is 19.0. The van der Waals surface area contributed by atoms with Crippen molar-refractivity contribution in [3.63, 3.8) is 0 Å². The van der Waals surface area contributed by atoms with Gasteiger partial charge in [-0.1, -0.05) is 37.3 Å². The molecule has 3 aliphatic rings. The Morgan fingerprint density at radius 1 is 1.07 bits per heavy atom. The number of primary amides is 1. The van der Waals surface area contributed by atoms with E-state index < -0.39 is 107 Å². The number of ketones is 1. The molecule has 1 aromatic heterocycles. The van der Waals surface area contributed by atoms with Gasteiger partial charge in [0.1, 0.15) is 22.9 Å². The molecule has 21 heteroatoms. The van der Waals surface area contributed by atoms with E-state index in [0.717, 1.165) is 48.4 Å². The highest BCUT2D eigenvalue weighted by atomic mass is 32.2. The van der Waals surface area contributed by atoms with E-state index in [0.29, 0.717) is 12.8 Å². The molecule has 2 aliphatic heterocycles. The van der Waals surface area contributed by atoms with Crippen LogP contribution < -0.4 is 11.1 Å². The molecular weight excluding hydrogens is 769 g/mol. The Balaban J connectivity index is 1.54. The van der Waals surface area contributed by atoms with Crippen molar-refractivity contribution in [2.45, 2.75) is 106 Å². The average Bonchev–Trinajstić information content (AvgIpc) is 3.81. The van der Waals surface area contributed by atoms with Gasteiger partial charge in [-0.05, 0) is 63.3 Å². The molecule has 5 rings (SSSR count). The standard InChI is InChI=1S/C34H43F2N7O10S2/c1-33(2,49)26-18-38-41-43(26)22-17-25(30(47)40-34(27(44)28(37)45)12-14-54(50,51)15-13-34)42(19-22)31(48)24(16-20-6-4-3-5-7-20)39-29(46)21-8-10-23(11-9-21)55(52,53)32(35)36/h8-11,18,20,22,25,32,49H,3-7,12-17,19H2,1-2H3,(H2,37,45)(H,40,47)/b39-24+/t22-,25-/m0/s1. The van der Waals surface area contributed by atoms with E-state index in [4.69, 9.17) is 5.73 Å². The van der Waals surface area contributed by atoms with Crippen molar-refractivity contribution >= 4 is 54.8 Å². The van der Waals surface area contributed by atoms with Gasteiger partial charge < -0.3 is 21.1 Å². The van der Waals surface area contributed by atoms with Crippen LogP contribution >= 0.6 is 0 Å². The number of likely N-dealkylation sites (tertiary alicyclic amines) is 1. The lowest BCUT2D eigenvalue weighted by atomic mass is 9.85. The molecule has 3 fully saturated rings. The molecular formula is C34H43F2N7O10S2. The normalized spacial score (nSPS) is 22.0. The Morgan fingerprint density at radius 3 is 2.25 bits per heavy atom. The Hall–Kier alpha value is -4.50. The van der Waals surface area contributed by atoms with Crippen LogP contribution in [0.25, 0.3) is 0 Å². The third-order valence-electron chi connectivity index (χ3n) is 10.4. The number of hydrogen-bond acceptors (Lipinski definition) is 12. The zero-order valence-corrected chi connectivity index (χ0v) is 31.8. The molecule has 2 atom stereocenters. The highest BCUT2D eigenvalue weighted by Gasteiger charge is 2.50. The first kappa shape index (κ1) is 41.7. The third-order valence-corrected chi connectivity index (χ3v) is 13.5. The predicted molar refractivity (Wildman–Crippen MR) is 190 cm³/mol. The number of nitrogens with zero attached hydrogens (tertiary/aromatic N) is 5.